The van der Waals surface area contributed by atoms with Crippen LogP contribution in [0.3, 0.4) is 0 Å². The molecule has 4 nitrogen and oxygen atoms in total. The zero-order valence-electron chi connectivity index (χ0n) is 15.3. The third-order valence-electron chi connectivity index (χ3n) is 5.42. The van der Waals surface area contributed by atoms with Crippen molar-refractivity contribution >= 4 is 11.9 Å². The molecular formula is C20H34O4. The Morgan fingerprint density at radius 3 is 2.25 bits per heavy atom. The molecule has 0 saturated heterocycles. The molecule has 2 saturated carbocycles. The molecule has 2 aliphatic carbocycles. The van der Waals surface area contributed by atoms with E-state index in [0.717, 1.165) is 57.8 Å². The third-order valence-corrected chi connectivity index (χ3v) is 5.42. The Labute approximate surface area is 146 Å². The van der Waals surface area contributed by atoms with Crippen LogP contribution in [-0.2, 0) is 19.1 Å². The SMILES string of the molecule is CCCCCCOC(=O)C1CCCC(C(=O)OC2CCCCC2)C1. The Bertz CT molecular complexity index is 387. The molecule has 0 N–H and O–H groups in total. The summed E-state index contributed by atoms with van der Waals surface area (Å²) in [5, 5.41) is 0. The van der Waals surface area contributed by atoms with Gasteiger partial charge in [-0.05, 0) is 51.4 Å². The largest absolute Gasteiger partial charge is 0.465 e. The number of rotatable bonds is 8. The second kappa shape index (κ2) is 10.7. The average Bonchev–Trinajstić information content (AvgIpc) is 2.62. The highest BCUT2D eigenvalue weighted by Gasteiger charge is 2.34. The minimum absolute atomic E-state index is 0.0812. The van der Waals surface area contributed by atoms with Gasteiger partial charge in [0.25, 0.3) is 0 Å². The molecule has 0 radical (unpaired) electrons. The summed E-state index contributed by atoms with van der Waals surface area (Å²) in [7, 11) is 0. The first-order valence-corrected chi connectivity index (χ1v) is 10.1. The van der Waals surface area contributed by atoms with E-state index in [1.54, 1.807) is 0 Å². The van der Waals surface area contributed by atoms with E-state index in [0.29, 0.717) is 13.0 Å². The fourth-order valence-corrected chi connectivity index (χ4v) is 3.88. The normalized spacial score (nSPS) is 25.2. The number of ether oxygens (including phenoxy) is 2. The lowest BCUT2D eigenvalue weighted by atomic mass is 9.81. The highest BCUT2D eigenvalue weighted by atomic mass is 16.5. The Balaban J connectivity index is 1.69. The van der Waals surface area contributed by atoms with Crippen LogP contribution in [0.5, 0.6) is 0 Å². The molecule has 24 heavy (non-hydrogen) atoms. The van der Waals surface area contributed by atoms with Crippen LogP contribution in [0.1, 0.15) is 90.4 Å². The van der Waals surface area contributed by atoms with Gasteiger partial charge in [-0.2, -0.15) is 0 Å². The van der Waals surface area contributed by atoms with Crippen molar-refractivity contribution in [1.29, 1.82) is 0 Å². The van der Waals surface area contributed by atoms with Crippen molar-refractivity contribution in [2.75, 3.05) is 6.61 Å². The molecule has 0 amide bonds. The quantitative estimate of drug-likeness (QED) is 0.471. The van der Waals surface area contributed by atoms with Crippen LogP contribution in [0.4, 0.5) is 0 Å². The summed E-state index contributed by atoms with van der Waals surface area (Å²) in [6.07, 6.45) is 13.4. The first-order valence-electron chi connectivity index (χ1n) is 10.1. The smallest absolute Gasteiger partial charge is 0.309 e. The van der Waals surface area contributed by atoms with Gasteiger partial charge in [0.2, 0.25) is 0 Å². The van der Waals surface area contributed by atoms with Gasteiger partial charge in [0.05, 0.1) is 18.4 Å². The van der Waals surface area contributed by atoms with Crippen molar-refractivity contribution < 1.29 is 19.1 Å². The van der Waals surface area contributed by atoms with Gasteiger partial charge >= 0.3 is 11.9 Å². The third kappa shape index (κ3) is 6.45. The Morgan fingerprint density at radius 1 is 0.833 bits per heavy atom. The summed E-state index contributed by atoms with van der Waals surface area (Å²) in [6.45, 7) is 2.69. The standard InChI is InChI=1S/C20H34O4/c1-2-3-4-8-14-23-19(21)16-10-9-11-17(15-16)20(22)24-18-12-6-5-7-13-18/h16-18H,2-15H2,1H3. The number of unbranched alkanes of at least 4 members (excludes halogenated alkanes) is 3. The number of carbonyl (C=O) groups is 2. The zero-order chi connectivity index (χ0) is 17.2. The van der Waals surface area contributed by atoms with Gasteiger partial charge in [0, 0.05) is 0 Å². The summed E-state index contributed by atoms with van der Waals surface area (Å²) in [5.74, 6) is -0.420. The van der Waals surface area contributed by atoms with E-state index >= 15 is 0 Å². The van der Waals surface area contributed by atoms with Gasteiger partial charge in [-0.25, -0.2) is 0 Å². The molecule has 0 aromatic heterocycles. The minimum Gasteiger partial charge on any atom is -0.465 e. The molecule has 2 unspecified atom stereocenters. The summed E-state index contributed by atoms with van der Waals surface area (Å²) in [6, 6.07) is 0. The van der Waals surface area contributed by atoms with Crippen LogP contribution >= 0.6 is 0 Å². The van der Waals surface area contributed by atoms with E-state index in [9.17, 15) is 9.59 Å². The van der Waals surface area contributed by atoms with E-state index in [1.165, 1.54) is 19.3 Å². The second-order valence-corrected chi connectivity index (χ2v) is 7.49. The molecule has 2 atom stereocenters. The lowest BCUT2D eigenvalue weighted by molar-refractivity contribution is -0.159. The molecule has 2 fully saturated rings. The van der Waals surface area contributed by atoms with Gasteiger partial charge < -0.3 is 9.47 Å². The molecule has 0 bridgehead atoms. The molecular weight excluding hydrogens is 304 g/mol. The predicted molar refractivity (Wildman–Crippen MR) is 93.5 cm³/mol. The van der Waals surface area contributed by atoms with Crippen molar-refractivity contribution in [1.82, 2.24) is 0 Å². The lowest BCUT2D eigenvalue weighted by Gasteiger charge is -2.29. The van der Waals surface area contributed by atoms with Crippen LogP contribution in [-0.4, -0.2) is 24.6 Å². The lowest BCUT2D eigenvalue weighted by Crippen LogP contribution is -2.32. The van der Waals surface area contributed by atoms with Gasteiger partial charge in [-0.15, -0.1) is 0 Å². The highest BCUT2D eigenvalue weighted by Crippen LogP contribution is 2.32. The Morgan fingerprint density at radius 2 is 1.54 bits per heavy atom. The summed E-state index contributed by atoms with van der Waals surface area (Å²) >= 11 is 0. The summed E-state index contributed by atoms with van der Waals surface area (Å²) in [5.41, 5.74) is 0. The zero-order valence-corrected chi connectivity index (χ0v) is 15.3. The van der Waals surface area contributed by atoms with E-state index in [1.807, 2.05) is 0 Å². The molecule has 2 rings (SSSR count). The summed E-state index contributed by atoms with van der Waals surface area (Å²) < 4.78 is 11.1. The molecule has 0 aromatic carbocycles. The van der Waals surface area contributed by atoms with Gasteiger partial charge in [0.1, 0.15) is 6.10 Å². The maximum Gasteiger partial charge on any atom is 0.309 e. The van der Waals surface area contributed by atoms with Crippen LogP contribution in [0.2, 0.25) is 0 Å². The van der Waals surface area contributed by atoms with Crippen LogP contribution in [0, 0.1) is 11.8 Å². The van der Waals surface area contributed by atoms with Gasteiger partial charge in [-0.1, -0.05) is 39.0 Å². The number of carbonyl (C=O) groups excluding carboxylic acids is 2. The van der Waals surface area contributed by atoms with Crippen molar-refractivity contribution in [2.45, 2.75) is 96.5 Å². The number of hydrogen-bond donors (Lipinski definition) is 0. The van der Waals surface area contributed by atoms with Crippen LogP contribution < -0.4 is 0 Å². The molecule has 138 valence electrons. The molecule has 0 heterocycles. The predicted octanol–water partition coefficient (Wildman–Crippen LogP) is 4.79. The number of esters is 2. The maximum absolute atomic E-state index is 12.4. The fraction of sp³-hybridized carbons (Fsp3) is 0.900. The van der Waals surface area contributed by atoms with E-state index in [4.69, 9.17) is 9.47 Å². The van der Waals surface area contributed by atoms with Crippen molar-refractivity contribution in [3.8, 4) is 0 Å². The van der Waals surface area contributed by atoms with E-state index < -0.39 is 0 Å². The van der Waals surface area contributed by atoms with Gasteiger partial charge in [-0.3, -0.25) is 9.59 Å². The molecule has 2 aliphatic rings. The topological polar surface area (TPSA) is 52.6 Å². The maximum atomic E-state index is 12.4. The molecule has 0 aliphatic heterocycles. The highest BCUT2D eigenvalue weighted by molar-refractivity contribution is 5.76. The minimum atomic E-state index is -0.117. The number of hydrogen-bond acceptors (Lipinski definition) is 4. The first kappa shape index (κ1) is 19.3. The van der Waals surface area contributed by atoms with Gasteiger partial charge in [0.15, 0.2) is 0 Å². The van der Waals surface area contributed by atoms with Crippen molar-refractivity contribution in [3.05, 3.63) is 0 Å². The molecule has 0 spiro atoms. The average molecular weight is 338 g/mol. The fourth-order valence-electron chi connectivity index (χ4n) is 3.88. The van der Waals surface area contributed by atoms with Crippen LogP contribution in [0.25, 0.3) is 0 Å². The monoisotopic (exact) mass is 338 g/mol. The summed E-state index contributed by atoms with van der Waals surface area (Å²) in [4.78, 5) is 24.6. The second-order valence-electron chi connectivity index (χ2n) is 7.49. The van der Waals surface area contributed by atoms with E-state index in [2.05, 4.69) is 6.92 Å². The first-order chi connectivity index (χ1) is 11.7. The van der Waals surface area contributed by atoms with Crippen molar-refractivity contribution in [3.63, 3.8) is 0 Å². The Kier molecular flexibility index (Phi) is 8.62. The Hall–Kier alpha value is -1.06. The molecule has 4 heteroatoms. The molecule has 0 aromatic rings. The van der Waals surface area contributed by atoms with Crippen molar-refractivity contribution in [2.24, 2.45) is 11.8 Å². The van der Waals surface area contributed by atoms with E-state index in [-0.39, 0.29) is 29.9 Å². The van der Waals surface area contributed by atoms with Crippen LogP contribution in [0.15, 0.2) is 0 Å².